The lowest BCUT2D eigenvalue weighted by Gasteiger charge is -2.10. The lowest BCUT2D eigenvalue weighted by atomic mass is 10.1. The third-order valence-corrected chi connectivity index (χ3v) is 4.40. The Labute approximate surface area is 175 Å². The summed E-state index contributed by atoms with van der Waals surface area (Å²) in [4.78, 5) is 5.56. The number of nitrogens with zero attached hydrogens (tertiary/aromatic N) is 2. The number of rotatable bonds is 8. The van der Waals surface area contributed by atoms with Crippen molar-refractivity contribution in [2.45, 2.75) is 38.1 Å². The van der Waals surface area contributed by atoms with Crippen molar-refractivity contribution in [1.29, 1.82) is 0 Å². The quantitative estimate of drug-likeness (QED) is 0.188. The maximum atomic E-state index is 12.9. The van der Waals surface area contributed by atoms with Gasteiger partial charge in [0.2, 0.25) is 0 Å². The number of halogens is 2. The van der Waals surface area contributed by atoms with Gasteiger partial charge in [-0.3, -0.25) is 0 Å². The molecule has 26 heavy (non-hydrogen) atoms. The Kier molecular flexibility index (Phi) is 10.6. The van der Waals surface area contributed by atoms with E-state index in [0.717, 1.165) is 41.2 Å². The second-order valence-corrected chi connectivity index (χ2v) is 6.97. The summed E-state index contributed by atoms with van der Waals surface area (Å²) in [5.41, 5.74) is 0.943. The summed E-state index contributed by atoms with van der Waals surface area (Å²) in [6, 6.07) is 8.47. The highest BCUT2D eigenvalue weighted by molar-refractivity contribution is 14.0. The van der Waals surface area contributed by atoms with E-state index in [0.29, 0.717) is 12.5 Å². The molecule has 1 aromatic carbocycles. The summed E-state index contributed by atoms with van der Waals surface area (Å²) in [6.07, 6.45) is 0. The zero-order chi connectivity index (χ0) is 18.1. The van der Waals surface area contributed by atoms with Crippen molar-refractivity contribution in [1.82, 2.24) is 15.8 Å². The van der Waals surface area contributed by atoms with Gasteiger partial charge in [-0.2, -0.15) is 0 Å². The molecule has 0 aliphatic rings. The van der Waals surface area contributed by atoms with Crippen molar-refractivity contribution in [3.8, 4) is 0 Å². The minimum atomic E-state index is -0.211. The van der Waals surface area contributed by atoms with Crippen molar-refractivity contribution in [3.63, 3.8) is 0 Å². The number of hydrogen-bond acceptors (Lipinski definition) is 4. The number of aliphatic imine (C=N–C) groups is 1. The third kappa shape index (κ3) is 7.94. The molecule has 2 aromatic rings. The first-order chi connectivity index (χ1) is 12.1. The molecule has 0 bridgehead atoms. The summed E-state index contributed by atoms with van der Waals surface area (Å²) in [6.45, 7) is 8.16. The molecule has 0 aliphatic heterocycles. The Morgan fingerprint density at radius 2 is 2.00 bits per heavy atom. The summed E-state index contributed by atoms with van der Waals surface area (Å²) >= 11 is 1.67. The van der Waals surface area contributed by atoms with Crippen LogP contribution < -0.4 is 10.6 Å². The molecule has 144 valence electrons. The number of benzene rings is 1. The standard InChI is InChI=1S/C18H25FN4OS.HI/c1-4-20-18(22-12-15-11-17(13(2)3)23-24-15)21-9-10-25-16-7-5-14(19)6-8-16;/h5-8,11,13H,4,9-10,12H2,1-3H3,(H2,20,21,22);1H. The summed E-state index contributed by atoms with van der Waals surface area (Å²) in [7, 11) is 0. The Balaban J connectivity index is 0.00000338. The normalized spacial score (nSPS) is 11.3. The predicted molar refractivity (Wildman–Crippen MR) is 116 cm³/mol. The van der Waals surface area contributed by atoms with Crippen LogP contribution in [0.1, 0.15) is 38.1 Å². The topological polar surface area (TPSA) is 62.5 Å². The highest BCUT2D eigenvalue weighted by atomic mass is 127. The van der Waals surface area contributed by atoms with Crippen molar-refractivity contribution < 1.29 is 8.91 Å². The maximum absolute atomic E-state index is 12.9. The van der Waals surface area contributed by atoms with Crippen LogP contribution >= 0.6 is 35.7 Å². The summed E-state index contributed by atoms with van der Waals surface area (Å²) in [5, 5.41) is 10.5. The molecule has 0 saturated heterocycles. The Morgan fingerprint density at radius 1 is 1.27 bits per heavy atom. The van der Waals surface area contributed by atoms with Crippen molar-refractivity contribution in [3.05, 3.63) is 47.6 Å². The zero-order valence-electron chi connectivity index (χ0n) is 15.3. The Hall–Kier alpha value is -1.29. The highest BCUT2D eigenvalue weighted by Gasteiger charge is 2.07. The average molecular weight is 492 g/mol. The van der Waals surface area contributed by atoms with Crippen LogP contribution in [-0.4, -0.2) is 30.0 Å². The maximum Gasteiger partial charge on any atom is 0.191 e. The van der Waals surface area contributed by atoms with Gasteiger partial charge in [0.05, 0.1) is 5.69 Å². The molecule has 0 unspecified atom stereocenters. The van der Waals surface area contributed by atoms with E-state index in [1.807, 2.05) is 13.0 Å². The van der Waals surface area contributed by atoms with Gasteiger partial charge in [-0.25, -0.2) is 9.38 Å². The second kappa shape index (κ2) is 12.2. The molecule has 5 nitrogen and oxygen atoms in total. The van der Waals surface area contributed by atoms with Crippen molar-refractivity contribution >= 4 is 41.7 Å². The van der Waals surface area contributed by atoms with Gasteiger partial charge in [-0.15, -0.1) is 35.7 Å². The molecule has 2 N–H and O–H groups in total. The SMILES string of the molecule is CCNC(=NCc1cc(C(C)C)no1)NCCSc1ccc(F)cc1.I. The van der Waals surface area contributed by atoms with E-state index in [1.54, 1.807) is 23.9 Å². The van der Waals surface area contributed by atoms with Gasteiger partial charge < -0.3 is 15.2 Å². The molecular formula is C18H26FIN4OS. The first-order valence-corrected chi connectivity index (χ1v) is 9.43. The monoisotopic (exact) mass is 492 g/mol. The van der Waals surface area contributed by atoms with Crippen LogP contribution in [0.2, 0.25) is 0 Å². The number of aromatic nitrogens is 1. The molecule has 0 aliphatic carbocycles. The molecular weight excluding hydrogens is 466 g/mol. The molecule has 0 atom stereocenters. The van der Waals surface area contributed by atoms with Gasteiger partial charge in [0.1, 0.15) is 12.4 Å². The van der Waals surface area contributed by atoms with E-state index in [2.05, 4.69) is 34.6 Å². The van der Waals surface area contributed by atoms with Gasteiger partial charge in [-0.1, -0.05) is 19.0 Å². The smallest absolute Gasteiger partial charge is 0.191 e. The lowest BCUT2D eigenvalue weighted by Crippen LogP contribution is -2.38. The van der Waals surface area contributed by atoms with E-state index < -0.39 is 0 Å². The number of thioether (sulfide) groups is 1. The fourth-order valence-electron chi connectivity index (χ4n) is 2.04. The Morgan fingerprint density at radius 3 is 2.62 bits per heavy atom. The third-order valence-electron chi connectivity index (χ3n) is 3.38. The van der Waals surface area contributed by atoms with Crippen molar-refractivity contribution in [2.24, 2.45) is 4.99 Å². The van der Waals surface area contributed by atoms with Gasteiger partial charge >= 0.3 is 0 Å². The van der Waals surface area contributed by atoms with E-state index in [4.69, 9.17) is 4.52 Å². The predicted octanol–water partition coefficient (Wildman–Crippen LogP) is 4.40. The van der Waals surface area contributed by atoms with Crippen LogP contribution in [0.3, 0.4) is 0 Å². The molecule has 0 amide bonds. The number of hydrogen-bond donors (Lipinski definition) is 2. The first kappa shape index (κ1) is 22.8. The van der Waals surface area contributed by atoms with Crippen molar-refractivity contribution in [2.75, 3.05) is 18.8 Å². The molecule has 1 aromatic heterocycles. The van der Waals surface area contributed by atoms with E-state index >= 15 is 0 Å². The van der Waals surface area contributed by atoms with Crippen LogP contribution in [0, 0.1) is 5.82 Å². The zero-order valence-corrected chi connectivity index (χ0v) is 18.4. The first-order valence-electron chi connectivity index (χ1n) is 8.44. The molecule has 0 saturated carbocycles. The van der Waals surface area contributed by atoms with Crippen LogP contribution in [0.25, 0.3) is 0 Å². The highest BCUT2D eigenvalue weighted by Crippen LogP contribution is 2.17. The molecule has 0 fully saturated rings. The molecule has 0 radical (unpaired) electrons. The van der Waals surface area contributed by atoms with Gasteiger partial charge in [-0.05, 0) is 37.1 Å². The Bertz CT molecular complexity index is 676. The summed E-state index contributed by atoms with van der Waals surface area (Å²) < 4.78 is 18.2. The molecule has 1 heterocycles. The fraction of sp³-hybridized carbons (Fsp3) is 0.444. The van der Waals surface area contributed by atoms with Gasteiger partial charge in [0.25, 0.3) is 0 Å². The minimum Gasteiger partial charge on any atom is -0.359 e. The van der Waals surface area contributed by atoms with Crippen LogP contribution in [0.5, 0.6) is 0 Å². The van der Waals surface area contributed by atoms with Gasteiger partial charge in [0.15, 0.2) is 11.7 Å². The van der Waals surface area contributed by atoms with E-state index in [1.165, 1.54) is 12.1 Å². The van der Waals surface area contributed by atoms with Crippen LogP contribution in [0.4, 0.5) is 4.39 Å². The molecule has 8 heteroatoms. The second-order valence-electron chi connectivity index (χ2n) is 5.80. The average Bonchev–Trinajstić information content (AvgIpc) is 3.07. The fourth-order valence-corrected chi connectivity index (χ4v) is 2.81. The number of guanidine groups is 1. The summed E-state index contributed by atoms with van der Waals surface area (Å²) in [5.74, 6) is 2.48. The lowest BCUT2D eigenvalue weighted by molar-refractivity contribution is 0.376. The van der Waals surface area contributed by atoms with Crippen LogP contribution in [-0.2, 0) is 6.54 Å². The largest absolute Gasteiger partial charge is 0.359 e. The number of nitrogens with one attached hydrogen (secondary N) is 2. The van der Waals surface area contributed by atoms with E-state index in [-0.39, 0.29) is 29.8 Å². The van der Waals surface area contributed by atoms with Crippen LogP contribution in [0.15, 0.2) is 44.7 Å². The van der Waals surface area contributed by atoms with Gasteiger partial charge in [0, 0.05) is 29.8 Å². The molecule has 2 rings (SSSR count). The van der Waals surface area contributed by atoms with E-state index in [9.17, 15) is 4.39 Å². The molecule has 0 spiro atoms. The minimum absolute atomic E-state index is 0.